The van der Waals surface area contributed by atoms with Gasteiger partial charge in [-0.05, 0) is 48.9 Å². The molecule has 3 rings (SSSR count). The van der Waals surface area contributed by atoms with Crippen molar-refractivity contribution in [2.45, 2.75) is 13.0 Å². The summed E-state index contributed by atoms with van der Waals surface area (Å²) in [6.45, 7) is 1.39. The second-order valence-electron chi connectivity index (χ2n) is 6.22. The molecule has 1 aliphatic rings. The van der Waals surface area contributed by atoms with Crippen molar-refractivity contribution in [1.29, 1.82) is 0 Å². The summed E-state index contributed by atoms with van der Waals surface area (Å²) in [5, 5.41) is 11.4. The van der Waals surface area contributed by atoms with Crippen LogP contribution in [-0.2, 0) is 14.4 Å². The number of ether oxygens (including phenoxy) is 1. The Morgan fingerprint density at radius 2 is 1.80 bits per heavy atom. The van der Waals surface area contributed by atoms with Crippen LogP contribution in [0.15, 0.2) is 48.0 Å². The number of nitrogens with one attached hydrogen (secondary N) is 1. The minimum atomic E-state index is -1.11. The normalized spacial score (nSPS) is 16.4. The molecular formula is C20H14Cl2N2O6. The Morgan fingerprint density at radius 1 is 1.13 bits per heavy atom. The molecule has 30 heavy (non-hydrogen) atoms. The van der Waals surface area contributed by atoms with Gasteiger partial charge < -0.3 is 9.84 Å². The molecule has 2 aromatic rings. The number of barbiturate groups is 1. The summed E-state index contributed by atoms with van der Waals surface area (Å²) in [5.74, 6) is -2.52. The Labute approximate surface area is 180 Å². The first-order valence-corrected chi connectivity index (χ1v) is 9.29. The Morgan fingerprint density at radius 3 is 2.40 bits per heavy atom. The molecule has 0 aromatic heterocycles. The number of amides is 4. The van der Waals surface area contributed by atoms with E-state index in [1.165, 1.54) is 55.5 Å². The van der Waals surface area contributed by atoms with E-state index in [0.29, 0.717) is 16.3 Å². The summed E-state index contributed by atoms with van der Waals surface area (Å²) in [4.78, 5) is 48.9. The van der Waals surface area contributed by atoms with E-state index in [1.807, 2.05) is 0 Å². The van der Waals surface area contributed by atoms with Crippen molar-refractivity contribution in [3.05, 3.63) is 63.6 Å². The number of urea groups is 1. The number of hydrogen-bond acceptors (Lipinski definition) is 5. The van der Waals surface area contributed by atoms with Crippen LogP contribution in [-0.4, -0.2) is 35.0 Å². The lowest BCUT2D eigenvalue weighted by Crippen LogP contribution is -2.54. The number of nitrogens with zero attached hydrogens (tertiary/aromatic N) is 1. The van der Waals surface area contributed by atoms with Gasteiger partial charge in [-0.3, -0.25) is 14.9 Å². The van der Waals surface area contributed by atoms with E-state index in [1.54, 1.807) is 0 Å². The minimum Gasteiger partial charge on any atom is -0.479 e. The SMILES string of the molecule is CC(Oc1ccc(C=C2C(=O)NC(=O)N(c3ccc(Cl)cc3Cl)C2=O)cc1)C(=O)O. The zero-order chi connectivity index (χ0) is 22.0. The van der Waals surface area contributed by atoms with Crippen molar-refractivity contribution in [3.63, 3.8) is 0 Å². The molecule has 1 saturated heterocycles. The number of carboxylic acid groups (broad SMARTS) is 1. The molecule has 10 heteroatoms. The molecule has 4 amide bonds. The molecule has 0 spiro atoms. The zero-order valence-electron chi connectivity index (χ0n) is 15.4. The molecule has 0 radical (unpaired) electrons. The molecule has 1 unspecified atom stereocenters. The van der Waals surface area contributed by atoms with E-state index in [2.05, 4.69) is 5.32 Å². The first kappa shape index (κ1) is 21.4. The van der Waals surface area contributed by atoms with Crippen LogP contribution in [0.2, 0.25) is 10.0 Å². The van der Waals surface area contributed by atoms with Gasteiger partial charge in [0.1, 0.15) is 11.3 Å². The predicted octanol–water partition coefficient (Wildman–Crippen LogP) is 3.51. The number of carbonyl (C=O) groups is 4. The van der Waals surface area contributed by atoms with E-state index in [0.717, 1.165) is 4.90 Å². The van der Waals surface area contributed by atoms with Gasteiger partial charge in [0.2, 0.25) is 0 Å². The molecule has 2 N–H and O–H groups in total. The number of halogens is 2. The molecule has 2 aromatic carbocycles. The van der Waals surface area contributed by atoms with Crippen molar-refractivity contribution in [1.82, 2.24) is 5.32 Å². The Hall–Kier alpha value is -3.36. The van der Waals surface area contributed by atoms with Gasteiger partial charge in [0.05, 0.1) is 10.7 Å². The fourth-order valence-electron chi connectivity index (χ4n) is 2.60. The third kappa shape index (κ3) is 4.45. The fraction of sp³-hybridized carbons (Fsp3) is 0.100. The molecule has 1 fully saturated rings. The van der Waals surface area contributed by atoms with Crippen molar-refractivity contribution >= 4 is 58.8 Å². The highest BCUT2D eigenvalue weighted by Gasteiger charge is 2.37. The number of aliphatic carboxylic acids is 1. The van der Waals surface area contributed by atoms with Crippen molar-refractivity contribution in [2.75, 3.05) is 4.90 Å². The number of benzene rings is 2. The fourth-order valence-corrected chi connectivity index (χ4v) is 3.10. The molecule has 0 bridgehead atoms. The lowest BCUT2D eigenvalue weighted by molar-refractivity contribution is -0.144. The van der Waals surface area contributed by atoms with Gasteiger partial charge >= 0.3 is 12.0 Å². The summed E-state index contributed by atoms with van der Waals surface area (Å²) in [5.41, 5.74) is 0.252. The first-order valence-electron chi connectivity index (χ1n) is 8.53. The first-order chi connectivity index (χ1) is 14.2. The van der Waals surface area contributed by atoms with Gasteiger partial charge in [-0.1, -0.05) is 35.3 Å². The minimum absolute atomic E-state index is 0.0637. The van der Waals surface area contributed by atoms with Crippen LogP contribution >= 0.6 is 23.2 Å². The third-order valence-electron chi connectivity index (χ3n) is 4.10. The maximum absolute atomic E-state index is 12.9. The van der Waals surface area contributed by atoms with Crippen molar-refractivity contribution in [3.8, 4) is 5.75 Å². The highest BCUT2D eigenvalue weighted by Crippen LogP contribution is 2.31. The van der Waals surface area contributed by atoms with Gasteiger partial charge in [-0.25, -0.2) is 14.5 Å². The highest BCUT2D eigenvalue weighted by molar-refractivity contribution is 6.42. The maximum atomic E-state index is 12.9. The Balaban J connectivity index is 1.90. The summed E-state index contributed by atoms with van der Waals surface area (Å²) in [7, 11) is 0. The molecule has 1 heterocycles. The van der Waals surface area contributed by atoms with E-state index >= 15 is 0 Å². The van der Waals surface area contributed by atoms with Crippen molar-refractivity contribution < 1.29 is 29.0 Å². The van der Waals surface area contributed by atoms with Crippen molar-refractivity contribution in [2.24, 2.45) is 0 Å². The highest BCUT2D eigenvalue weighted by atomic mass is 35.5. The summed E-state index contributed by atoms with van der Waals surface area (Å²) in [6.07, 6.45) is 0.259. The van der Waals surface area contributed by atoms with Crippen LogP contribution in [0, 0.1) is 0 Å². The number of hydrogen-bond donors (Lipinski definition) is 2. The van der Waals surface area contributed by atoms with Gasteiger partial charge in [-0.2, -0.15) is 0 Å². The van der Waals surface area contributed by atoms with Crippen LogP contribution in [0.3, 0.4) is 0 Å². The summed E-state index contributed by atoms with van der Waals surface area (Å²) < 4.78 is 5.23. The molecular weight excluding hydrogens is 435 g/mol. The predicted molar refractivity (Wildman–Crippen MR) is 110 cm³/mol. The number of carboxylic acids is 1. The quantitative estimate of drug-likeness (QED) is 0.534. The number of anilines is 1. The van der Waals surface area contributed by atoms with E-state index in [4.69, 9.17) is 33.0 Å². The molecule has 0 aliphatic carbocycles. The van der Waals surface area contributed by atoms with E-state index in [-0.39, 0.29) is 16.3 Å². The molecule has 1 aliphatic heterocycles. The number of carbonyl (C=O) groups excluding carboxylic acids is 3. The molecule has 1 atom stereocenters. The van der Waals surface area contributed by atoms with Gasteiger partial charge in [0, 0.05) is 5.02 Å². The summed E-state index contributed by atoms with van der Waals surface area (Å²) >= 11 is 12.0. The van der Waals surface area contributed by atoms with Crippen LogP contribution < -0.4 is 15.0 Å². The molecule has 154 valence electrons. The van der Waals surface area contributed by atoms with Crippen LogP contribution in [0.5, 0.6) is 5.75 Å². The van der Waals surface area contributed by atoms with Crippen LogP contribution in [0.25, 0.3) is 6.08 Å². The average Bonchev–Trinajstić information content (AvgIpc) is 2.67. The maximum Gasteiger partial charge on any atom is 0.344 e. The largest absolute Gasteiger partial charge is 0.479 e. The lowest BCUT2D eigenvalue weighted by atomic mass is 10.1. The van der Waals surface area contributed by atoms with Gasteiger partial charge in [0.25, 0.3) is 11.8 Å². The summed E-state index contributed by atoms with van der Waals surface area (Å²) in [6, 6.07) is 9.35. The topological polar surface area (TPSA) is 113 Å². The Kier molecular flexibility index (Phi) is 6.09. The molecule has 8 nitrogen and oxygen atoms in total. The number of rotatable bonds is 5. The third-order valence-corrected chi connectivity index (χ3v) is 4.64. The van der Waals surface area contributed by atoms with E-state index in [9.17, 15) is 19.2 Å². The number of imide groups is 2. The Bertz CT molecular complexity index is 1080. The lowest BCUT2D eigenvalue weighted by Gasteiger charge is -2.27. The zero-order valence-corrected chi connectivity index (χ0v) is 16.9. The average molecular weight is 449 g/mol. The smallest absolute Gasteiger partial charge is 0.344 e. The van der Waals surface area contributed by atoms with Crippen LogP contribution in [0.1, 0.15) is 12.5 Å². The second-order valence-corrected chi connectivity index (χ2v) is 7.06. The van der Waals surface area contributed by atoms with Gasteiger partial charge in [0.15, 0.2) is 6.10 Å². The monoisotopic (exact) mass is 448 g/mol. The van der Waals surface area contributed by atoms with E-state index < -0.39 is 29.9 Å². The second kappa shape index (κ2) is 8.56. The van der Waals surface area contributed by atoms with Crippen LogP contribution in [0.4, 0.5) is 10.5 Å². The standard InChI is InChI=1S/C20H14Cl2N2O6/c1-10(19(27)28)30-13-5-2-11(3-6-13)8-14-17(25)23-20(29)24(18(14)26)16-7-4-12(21)9-15(16)22/h2-10H,1H3,(H,27,28)(H,23,25,29). The van der Waals surface area contributed by atoms with Gasteiger partial charge in [-0.15, -0.1) is 0 Å². The molecule has 0 saturated carbocycles.